The third-order valence-corrected chi connectivity index (χ3v) is 3.60. The van der Waals surface area contributed by atoms with Gasteiger partial charge in [-0.1, -0.05) is 12.1 Å². The summed E-state index contributed by atoms with van der Waals surface area (Å²) in [7, 11) is 1.60. The fourth-order valence-electron chi connectivity index (χ4n) is 2.38. The molecule has 0 spiro atoms. The van der Waals surface area contributed by atoms with E-state index in [2.05, 4.69) is 5.32 Å². The van der Waals surface area contributed by atoms with Gasteiger partial charge < -0.3 is 9.73 Å². The van der Waals surface area contributed by atoms with E-state index in [1.165, 1.54) is 16.7 Å². The van der Waals surface area contributed by atoms with Crippen LogP contribution in [-0.4, -0.2) is 10.5 Å². The first-order valence-corrected chi connectivity index (χ1v) is 7.17. The summed E-state index contributed by atoms with van der Waals surface area (Å²) in [6, 6.07) is 11.2. The van der Waals surface area contributed by atoms with Crippen molar-refractivity contribution in [3.63, 3.8) is 0 Å². The Kier molecular flexibility index (Phi) is 3.97. The Balaban J connectivity index is 1.68. The van der Waals surface area contributed by atoms with Crippen LogP contribution in [0.15, 0.2) is 51.7 Å². The highest BCUT2D eigenvalue weighted by atomic mass is 19.1. The second-order valence-corrected chi connectivity index (χ2v) is 5.29. The molecule has 0 aliphatic rings. The molecule has 23 heavy (non-hydrogen) atoms. The van der Waals surface area contributed by atoms with Gasteiger partial charge >= 0.3 is 5.76 Å². The Morgan fingerprint density at radius 1 is 1.26 bits per heavy atom. The Hall–Kier alpha value is -2.89. The maximum Gasteiger partial charge on any atom is 0.419 e. The summed E-state index contributed by atoms with van der Waals surface area (Å²) in [5.41, 5.74) is 2.43. The molecule has 0 saturated carbocycles. The number of oxazole rings is 1. The molecule has 0 saturated heterocycles. The first kappa shape index (κ1) is 15.0. The molecule has 6 heteroatoms. The number of anilines is 1. The number of aryl methyl sites for hydroxylation is 2. The number of hydrogen-bond donors (Lipinski definition) is 1. The summed E-state index contributed by atoms with van der Waals surface area (Å²) >= 11 is 0. The van der Waals surface area contributed by atoms with E-state index in [9.17, 15) is 14.0 Å². The average molecular weight is 314 g/mol. The van der Waals surface area contributed by atoms with Gasteiger partial charge in [0.1, 0.15) is 5.82 Å². The molecule has 0 atom stereocenters. The molecule has 5 nitrogen and oxygen atoms in total. The lowest BCUT2D eigenvalue weighted by Crippen LogP contribution is -2.12. The van der Waals surface area contributed by atoms with Crippen molar-refractivity contribution in [3.05, 3.63) is 64.4 Å². The van der Waals surface area contributed by atoms with Gasteiger partial charge in [-0.2, -0.15) is 0 Å². The fraction of sp³-hybridized carbons (Fsp3) is 0.176. The molecule has 1 N–H and O–H groups in total. The van der Waals surface area contributed by atoms with Crippen molar-refractivity contribution in [1.29, 1.82) is 0 Å². The molecular formula is C17H15FN2O3. The van der Waals surface area contributed by atoms with Crippen molar-refractivity contribution >= 4 is 22.7 Å². The first-order chi connectivity index (χ1) is 11.0. The average Bonchev–Trinajstić information content (AvgIpc) is 2.80. The Morgan fingerprint density at radius 2 is 2.09 bits per heavy atom. The van der Waals surface area contributed by atoms with Crippen LogP contribution in [0.2, 0.25) is 0 Å². The molecule has 1 aromatic heterocycles. The van der Waals surface area contributed by atoms with Gasteiger partial charge in [-0.05, 0) is 42.3 Å². The molecule has 3 aromatic rings. The highest BCUT2D eigenvalue weighted by Gasteiger charge is 2.08. The van der Waals surface area contributed by atoms with Crippen LogP contribution < -0.4 is 11.1 Å². The molecular weight excluding hydrogens is 299 g/mol. The van der Waals surface area contributed by atoms with Crippen molar-refractivity contribution in [1.82, 2.24) is 4.57 Å². The van der Waals surface area contributed by atoms with Gasteiger partial charge in [0.05, 0.1) is 5.52 Å². The van der Waals surface area contributed by atoms with Crippen LogP contribution in [0.1, 0.15) is 12.0 Å². The van der Waals surface area contributed by atoms with E-state index in [1.807, 2.05) is 0 Å². The van der Waals surface area contributed by atoms with E-state index in [0.29, 0.717) is 23.2 Å². The predicted molar refractivity (Wildman–Crippen MR) is 84.8 cm³/mol. The largest absolute Gasteiger partial charge is 0.419 e. The molecule has 0 bridgehead atoms. The third-order valence-electron chi connectivity index (χ3n) is 3.60. The third kappa shape index (κ3) is 3.31. The summed E-state index contributed by atoms with van der Waals surface area (Å²) in [6.45, 7) is 0. The number of hydrogen-bond acceptors (Lipinski definition) is 3. The van der Waals surface area contributed by atoms with Gasteiger partial charge in [0.15, 0.2) is 5.58 Å². The van der Waals surface area contributed by atoms with E-state index in [4.69, 9.17) is 4.42 Å². The number of benzene rings is 2. The summed E-state index contributed by atoms with van der Waals surface area (Å²) in [5.74, 6) is -0.939. The van der Waals surface area contributed by atoms with Gasteiger partial charge in [0.25, 0.3) is 0 Å². The fourth-order valence-corrected chi connectivity index (χ4v) is 2.38. The maximum absolute atomic E-state index is 13.1. The minimum absolute atomic E-state index is 0.179. The van der Waals surface area contributed by atoms with Crippen LogP contribution in [0, 0.1) is 5.82 Å². The minimum Gasteiger partial charge on any atom is -0.408 e. The highest BCUT2D eigenvalue weighted by molar-refractivity contribution is 5.92. The maximum atomic E-state index is 13.1. The van der Waals surface area contributed by atoms with E-state index >= 15 is 0 Å². The van der Waals surface area contributed by atoms with Crippen molar-refractivity contribution in [3.8, 4) is 0 Å². The molecule has 0 unspecified atom stereocenters. The van der Waals surface area contributed by atoms with Gasteiger partial charge in [-0.15, -0.1) is 0 Å². The van der Waals surface area contributed by atoms with Crippen molar-refractivity contribution in [2.75, 3.05) is 5.32 Å². The van der Waals surface area contributed by atoms with Crippen LogP contribution in [0.4, 0.5) is 10.1 Å². The smallest absolute Gasteiger partial charge is 0.408 e. The standard InChI is InChI=1S/C17H15FN2O3/c1-20-14-10-13(6-7-15(14)23-17(20)22)19-16(21)8-5-11-3-2-4-12(18)9-11/h2-4,6-7,9-10H,5,8H2,1H3,(H,19,21). The molecule has 118 valence electrons. The van der Waals surface area contributed by atoms with Gasteiger partial charge in [0.2, 0.25) is 5.91 Å². The first-order valence-electron chi connectivity index (χ1n) is 7.17. The van der Waals surface area contributed by atoms with E-state index in [-0.39, 0.29) is 18.1 Å². The number of rotatable bonds is 4. The molecule has 1 heterocycles. The molecule has 0 fully saturated rings. The number of carbonyl (C=O) groups is 1. The minimum atomic E-state index is -0.449. The SMILES string of the molecule is Cn1c(=O)oc2ccc(NC(=O)CCc3cccc(F)c3)cc21. The number of fused-ring (bicyclic) bond motifs is 1. The number of carbonyl (C=O) groups excluding carboxylic acids is 1. The highest BCUT2D eigenvalue weighted by Crippen LogP contribution is 2.18. The molecule has 2 aromatic carbocycles. The zero-order valence-electron chi connectivity index (χ0n) is 12.5. The zero-order chi connectivity index (χ0) is 16.4. The number of nitrogens with zero attached hydrogens (tertiary/aromatic N) is 1. The van der Waals surface area contributed by atoms with Crippen LogP contribution in [-0.2, 0) is 18.3 Å². The van der Waals surface area contributed by atoms with Gasteiger partial charge in [0, 0.05) is 19.2 Å². The Labute approximate surface area is 131 Å². The lowest BCUT2D eigenvalue weighted by atomic mass is 10.1. The second-order valence-electron chi connectivity index (χ2n) is 5.29. The normalized spacial score (nSPS) is 10.9. The quantitative estimate of drug-likeness (QED) is 0.805. The van der Waals surface area contributed by atoms with Crippen molar-refractivity contribution in [2.45, 2.75) is 12.8 Å². The lowest BCUT2D eigenvalue weighted by Gasteiger charge is -2.06. The topological polar surface area (TPSA) is 64.2 Å². The molecule has 3 rings (SSSR count). The second kappa shape index (κ2) is 6.08. The predicted octanol–water partition coefficient (Wildman–Crippen LogP) is 2.84. The summed E-state index contributed by atoms with van der Waals surface area (Å²) in [4.78, 5) is 23.4. The zero-order valence-corrected chi connectivity index (χ0v) is 12.5. The molecule has 0 aliphatic heterocycles. The number of aromatic nitrogens is 1. The molecule has 0 aliphatic carbocycles. The van der Waals surface area contributed by atoms with E-state index in [1.54, 1.807) is 37.4 Å². The van der Waals surface area contributed by atoms with Crippen molar-refractivity contribution < 1.29 is 13.6 Å². The van der Waals surface area contributed by atoms with Crippen LogP contribution in [0.5, 0.6) is 0 Å². The van der Waals surface area contributed by atoms with Crippen LogP contribution in [0.3, 0.4) is 0 Å². The number of amides is 1. The van der Waals surface area contributed by atoms with E-state index < -0.39 is 5.76 Å². The van der Waals surface area contributed by atoms with Gasteiger partial charge in [-0.3, -0.25) is 9.36 Å². The lowest BCUT2D eigenvalue weighted by molar-refractivity contribution is -0.116. The molecule has 0 radical (unpaired) electrons. The Bertz CT molecular complexity index is 927. The number of nitrogens with one attached hydrogen (secondary N) is 1. The van der Waals surface area contributed by atoms with E-state index in [0.717, 1.165) is 5.56 Å². The summed E-state index contributed by atoms with van der Waals surface area (Å²) in [5, 5.41) is 2.77. The summed E-state index contributed by atoms with van der Waals surface area (Å²) in [6.07, 6.45) is 0.696. The van der Waals surface area contributed by atoms with Gasteiger partial charge in [-0.25, -0.2) is 9.18 Å². The van der Waals surface area contributed by atoms with Crippen LogP contribution in [0.25, 0.3) is 11.1 Å². The Morgan fingerprint density at radius 3 is 2.87 bits per heavy atom. The van der Waals surface area contributed by atoms with Crippen molar-refractivity contribution in [2.24, 2.45) is 7.05 Å². The molecule has 1 amide bonds. The monoisotopic (exact) mass is 314 g/mol. The summed E-state index contributed by atoms with van der Waals surface area (Å²) < 4.78 is 19.5. The number of halogens is 1. The van der Waals surface area contributed by atoms with Crippen LogP contribution >= 0.6 is 0 Å².